The average molecular weight is 156 g/mol. The van der Waals surface area contributed by atoms with Gasteiger partial charge in [0.05, 0.1) is 0 Å². The van der Waals surface area contributed by atoms with Crippen LogP contribution in [0.2, 0.25) is 0 Å². The molecular formula is C9H16O2. The van der Waals surface area contributed by atoms with E-state index in [9.17, 15) is 4.79 Å². The predicted octanol–water partition coefficient (Wildman–Crippen LogP) is 1.64. The van der Waals surface area contributed by atoms with Crippen LogP contribution < -0.4 is 0 Å². The smallest absolute Gasteiger partial charge is 0.168 e. The number of Topliss-reactive ketones (excluding diaryl/α,β-unsaturated/α-hetero) is 1. The van der Waals surface area contributed by atoms with E-state index in [1.165, 1.54) is 0 Å². The SMILES string of the molecule is CO[C@@]1(C)C(=O)C(C)C1(C)C. The van der Waals surface area contributed by atoms with Gasteiger partial charge in [-0.3, -0.25) is 4.79 Å². The fourth-order valence-corrected chi connectivity index (χ4v) is 1.76. The third-order valence-electron chi connectivity index (χ3n) is 3.58. The minimum absolute atomic E-state index is 0.0150. The fraction of sp³-hybridized carbons (Fsp3) is 0.889. The molecule has 2 heteroatoms. The lowest BCUT2D eigenvalue weighted by Gasteiger charge is -2.55. The molecule has 11 heavy (non-hydrogen) atoms. The van der Waals surface area contributed by atoms with Gasteiger partial charge in [-0.15, -0.1) is 0 Å². The van der Waals surface area contributed by atoms with Gasteiger partial charge in [-0.25, -0.2) is 0 Å². The zero-order chi connectivity index (χ0) is 8.86. The van der Waals surface area contributed by atoms with E-state index in [0.717, 1.165) is 0 Å². The van der Waals surface area contributed by atoms with E-state index in [-0.39, 0.29) is 17.1 Å². The molecule has 2 atom stereocenters. The highest BCUT2D eigenvalue weighted by atomic mass is 16.5. The molecule has 2 nitrogen and oxygen atoms in total. The molecule has 1 saturated carbocycles. The number of carbonyl (C=O) groups excluding carboxylic acids is 1. The summed E-state index contributed by atoms with van der Waals surface area (Å²) in [4.78, 5) is 11.4. The summed E-state index contributed by atoms with van der Waals surface area (Å²) in [5, 5.41) is 0. The van der Waals surface area contributed by atoms with E-state index in [4.69, 9.17) is 4.74 Å². The number of hydrogen-bond acceptors (Lipinski definition) is 2. The summed E-state index contributed by atoms with van der Waals surface area (Å²) in [6.07, 6.45) is 0. The molecule has 0 aromatic carbocycles. The Morgan fingerprint density at radius 1 is 1.36 bits per heavy atom. The third-order valence-corrected chi connectivity index (χ3v) is 3.58. The van der Waals surface area contributed by atoms with Gasteiger partial charge in [-0.1, -0.05) is 20.8 Å². The van der Waals surface area contributed by atoms with Gasteiger partial charge >= 0.3 is 0 Å². The topological polar surface area (TPSA) is 26.3 Å². The van der Waals surface area contributed by atoms with Gasteiger partial charge in [-0.2, -0.15) is 0 Å². The van der Waals surface area contributed by atoms with Crippen molar-refractivity contribution in [3.05, 3.63) is 0 Å². The van der Waals surface area contributed by atoms with Crippen LogP contribution in [0.1, 0.15) is 27.7 Å². The van der Waals surface area contributed by atoms with Crippen LogP contribution in [-0.4, -0.2) is 18.5 Å². The lowest BCUT2D eigenvalue weighted by Crippen LogP contribution is -2.67. The molecule has 1 rings (SSSR count). The number of carbonyl (C=O) groups is 1. The van der Waals surface area contributed by atoms with Crippen LogP contribution in [0.15, 0.2) is 0 Å². The second kappa shape index (κ2) is 2.07. The predicted molar refractivity (Wildman–Crippen MR) is 43.4 cm³/mol. The molecule has 0 aliphatic heterocycles. The number of rotatable bonds is 1. The van der Waals surface area contributed by atoms with Crippen LogP contribution in [0.3, 0.4) is 0 Å². The zero-order valence-corrected chi connectivity index (χ0v) is 7.89. The monoisotopic (exact) mass is 156 g/mol. The van der Waals surface area contributed by atoms with Crippen molar-refractivity contribution >= 4 is 5.78 Å². The first-order valence-corrected chi connectivity index (χ1v) is 3.97. The molecule has 1 fully saturated rings. The van der Waals surface area contributed by atoms with Crippen molar-refractivity contribution < 1.29 is 9.53 Å². The van der Waals surface area contributed by atoms with E-state index in [2.05, 4.69) is 13.8 Å². The standard InChI is InChI=1S/C9H16O2/c1-6-7(10)9(4,11-5)8(6,2)3/h6H,1-5H3/t6?,9-/m0/s1. The fourth-order valence-electron chi connectivity index (χ4n) is 1.76. The summed E-state index contributed by atoms with van der Waals surface area (Å²) in [7, 11) is 1.60. The maximum atomic E-state index is 11.4. The van der Waals surface area contributed by atoms with Crippen LogP contribution in [0.5, 0.6) is 0 Å². The van der Waals surface area contributed by atoms with Crippen molar-refractivity contribution in [3.8, 4) is 0 Å². The Labute approximate surface area is 67.9 Å². The molecular weight excluding hydrogens is 140 g/mol. The summed E-state index contributed by atoms with van der Waals surface area (Å²) in [5.74, 6) is 0.359. The summed E-state index contributed by atoms with van der Waals surface area (Å²) < 4.78 is 5.22. The molecule has 0 spiro atoms. The molecule has 0 aromatic heterocycles. The molecule has 64 valence electrons. The molecule has 0 heterocycles. The minimum atomic E-state index is -0.549. The van der Waals surface area contributed by atoms with E-state index in [1.807, 2.05) is 13.8 Å². The molecule has 0 amide bonds. The Morgan fingerprint density at radius 2 is 1.82 bits per heavy atom. The third kappa shape index (κ3) is 0.734. The van der Waals surface area contributed by atoms with Crippen molar-refractivity contribution in [2.75, 3.05) is 7.11 Å². The number of ether oxygens (including phenoxy) is 1. The average Bonchev–Trinajstić information content (AvgIpc) is 2.00. The van der Waals surface area contributed by atoms with Gasteiger partial charge < -0.3 is 4.74 Å². The van der Waals surface area contributed by atoms with Crippen molar-refractivity contribution in [1.82, 2.24) is 0 Å². The van der Waals surface area contributed by atoms with Crippen LogP contribution >= 0.6 is 0 Å². The van der Waals surface area contributed by atoms with Crippen molar-refractivity contribution in [3.63, 3.8) is 0 Å². The van der Waals surface area contributed by atoms with Gasteiger partial charge in [-0.05, 0) is 6.92 Å². The first kappa shape index (κ1) is 8.72. The molecule has 0 N–H and O–H groups in total. The molecule has 1 unspecified atom stereocenters. The van der Waals surface area contributed by atoms with Crippen molar-refractivity contribution in [1.29, 1.82) is 0 Å². The summed E-state index contributed by atoms with van der Waals surface area (Å²) in [6, 6.07) is 0. The van der Waals surface area contributed by atoms with E-state index < -0.39 is 5.60 Å². The lowest BCUT2D eigenvalue weighted by atomic mass is 9.52. The number of methoxy groups -OCH3 is 1. The highest BCUT2D eigenvalue weighted by molar-refractivity contribution is 5.97. The Hall–Kier alpha value is -0.370. The van der Waals surface area contributed by atoms with E-state index in [1.54, 1.807) is 7.11 Å². The Morgan fingerprint density at radius 3 is 2.00 bits per heavy atom. The molecule has 0 bridgehead atoms. The first-order chi connectivity index (χ1) is 4.88. The van der Waals surface area contributed by atoms with E-state index in [0.29, 0.717) is 0 Å². The number of hydrogen-bond donors (Lipinski definition) is 0. The van der Waals surface area contributed by atoms with Crippen LogP contribution in [-0.2, 0) is 9.53 Å². The summed E-state index contributed by atoms with van der Waals surface area (Å²) in [6.45, 7) is 7.98. The molecule has 0 radical (unpaired) electrons. The largest absolute Gasteiger partial charge is 0.370 e. The Bertz CT molecular complexity index is 196. The first-order valence-electron chi connectivity index (χ1n) is 3.97. The van der Waals surface area contributed by atoms with Crippen LogP contribution in [0.4, 0.5) is 0 Å². The van der Waals surface area contributed by atoms with Gasteiger partial charge in [0.15, 0.2) is 5.78 Å². The van der Waals surface area contributed by atoms with E-state index >= 15 is 0 Å². The second-order valence-corrected chi connectivity index (χ2v) is 4.04. The number of ketones is 1. The maximum absolute atomic E-state index is 11.4. The van der Waals surface area contributed by atoms with Gasteiger partial charge in [0.2, 0.25) is 0 Å². The van der Waals surface area contributed by atoms with Crippen molar-refractivity contribution in [2.24, 2.45) is 11.3 Å². The Balaban J connectivity index is 2.93. The maximum Gasteiger partial charge on any atom is 0.168 e. The molecule has 1 aliphatic rings. The second-order valence-electron chi connectivity index (χ2n) is 4.04. The molecule has 1 aliphatic carbocycles. The molecule has 0 aromatic rings. The van der Waals surface area contributed by atoms with Gasteiger partial charge in [0.25, 0.3) is 0 Å². The van der Waals surface area contributed by atoms with Gasteiger partial charge in [0, 0.05) is 18.4 Å². The van der Waals surface area contributed by atoms with Crippen LogP contribution in [0.25, 0.3) is 0 Å². The lowest BCUT2D eigenvalue weighted by molar-refractivity contribution is -0.197. The normalized spacial score (nSPS) is 41.9. The molecule has 0 saturated heterocycles. The van der Waals surface area contributed by atoms with Crippen LogP contribution in [0, 0.1) is 11.3 Å². The van der Waals surface area contributed by atoms with Gasteiger partial charge in [0.1, 0.15) is 5.60 Å². The minimum Gasteiger partial charge on any atom is -0.370 e. The van der Waals surface area contributed by atoms with Crippen molar-refractivity contribution in [2.45, 2.75) is 33.3 Å². The quantitative estimate of drug-likeness (QED) is 0.577. The summed E-state index contributed by atoms with van der Waals surface area (Å²) in [5.41, 5.74) is -0.564. The summed E-state index contributed by atoms with van der Waals surface area (Å²) >= 11 is 0. The highest BCUT2D eigenvalue weighted by Crippen LogP contribution is 2.52. The highest BCUT2D eigenvalue weighted by Gasteiger charge is 2.63. The zero-order valence-electron chi connectivity index (χ0n) is 7.89. The Kier molecular flexibility index (Phi) is 1.64.